The Morgan fingerprint density at radius 3 is 1.01 bits per heavy atom. The molecule has 1 N–H and O–H groups in total. The van der Waals surface area contributed by atoms with Crippen molar-refractivity contribution in [1.82, 2.24) is 0 Å². The van der Waals surface area contributed by atoms with Gasteiger partial charge in [0.05, 0.1) is 18.3 Å². The molecule has 4 aliphatic rings. The van der Waals surface area contributed by atoms with Gasteiger partial charge in [-0.2, -0.15) is 0 Å². The largest absolute Gasteiger partial charge is 0.463 e. The van der Waals surface area contributed by atoms with Gasteiger partial charge < -0.3 is 85.3 Å². The van der Waals surface area contributed by atoms with Gasteiger partial charge in [0.2, 0.25) is 12.2 Å². The van der Waals surface area contributed by atoms with Crippen molar-refractivity contribution in [3.8, 4) is 0 Å². The maximum atomic E-state index is 13.2. The van der Waals surface area contributed by atoms with E-state index in [0.29, 0.717) is 0 Å². The standard InChI is InChI=1S/C47H64Cl3NO28/c1-16-31(76-43-39(72-27(12)60)36(69-24(9)57)32(17(2)64-43)66-21(6)54)34(29(14-62-19(4)52)74-42(16)79-46(51)47(48,49)50)77-45-41(38(71-26(11)59)35(68-23(8)56)30(75-45)15-63-20(5)53)78-44-40(73-28(13)61)37(70-25(10)58)33(18(3)65-44)67-22(7)55/h16-18,29-45,51H,14-15H2,1-13H3/t16?,17?,18?,29?,30?,31-,32?,33+,34?,35?,36+,37?,38+,39?,40+,41?,42?,43-,44?,45+/m1/s1. The summed E-state index contributed by atoms with van der Waals surface area (Å²) in [5, 5.41) is 8.47. The highest BCUT2D eigenvalue weighted by molar-refractivity contribution is 6.76. The van der Waals surface area contributed by atoms with Crippen molar-refractivity contribution in [2.24, 2.45) is 5.92 Å². The van der Waals surface area contributed by atoms with Crippen molar-refractivity contribution in [3.05, 3.63) is 0 Å². The highest BCUT2D eigenvalue weighted by Gasteiger charge is 2.60. The van der Waals surface area contributed by atoms with Gasteiger partial charge in [-0.3, -0.25) is 53.4 Å². The van der Waals surface area contributed by atoms with Crippen LogP contribution in [-0.2, 0) is 133 Å². The molecule has 446 valence electrons. The van der Waals surface area contributed by atoms with E-state index in [-0.39, 0.29) is 0 Å². The normalized spacial score (nSPS) is 34.4. The van der Waals surface area contributed by atoms with Crippen LogP contribution in [0.4, 0.5) is 0 Å². The molecule has 13 unspecified atom stereocenters. The highest BCUT2D eigenvalue weighted by Crippen LogP contribution is 2.41. The average Bonchev–Trinajstić information content (AvgIpc) is 3.47. The predicted octanol–water partition coefficient (Wildman–Crippen LogP) is 1.66. The molecule has 79 heavy (non-hydrogen) atoms. The fourth-order valence-corrected chi connectivity index (χ4v) is 8.94. The Labute approximate surface area is 467 Å². The number of hydrogen-bond donors (Lipinski definition) is 1. The molecule has 0 aromatic carbocycles. The quantitative estimate of drug-likeness (QED) is 0.0632. The number of carbonyl (C=O) groups excluding carboxylic acids is 10. The fraction of sp³-hybridized carbons (Fsp3) is 0.766. The van der Waals surface area contributed by atoms with E-state index in [0.717, 1.165) is 69.2 Å². The van der Waals surface area contributed by atoms with Crippen molar-refractivity contribution in [2.75, 3.05) is 13.2 Å². The Morgan fingerprint density at radius 1 is 0.354 bits per heavy atom. The molecular formula is C47H64Cl3NO28. The molecule has 32 heteroatoms. The van der Waals surface area contributed by atoms with Gasteiger partial charge in [-0.1, -0.05) is 41.7 Å². The zero-order valence-electron chi connectivity index (χ0n) is 45.0. The first-order valence-electron chi connectivity index (χ1n) is 24.2. The van der Waals surface area contributed by atoms with Gasteiger partial charge in [0.25, 0.3) is 3.79 Å². The molecule has 0 radical (unpaired) electrons. The van der Waals surface area contributed by atoms with Crippen LogP contribution < -0.4 is 0 Å². The predicted molar refractivity (Wildman–Crippen MR) is 257 cm³/mol. The van der Waals surface area contributed by atoms with E-state index in [1.807, 2.05) is 0 Å². The zero-order valence-corrected chi connectivity index (χ0v) is 47.3. The van der Waals surface area contributed by atoms with Gasteiger partial charge in [-0.15, -0.1) is 0 Å². The van der Waals surface area contributed by atoms with Crippen LogP contribution in [0.3, 0.4) is 0 Å². The Morgan fingerprint density at radius 2 is 0.646 bits per heavy atom. The molecule has 4 fully saturated rings. The van der Waals surface area contributed by atoms with Gasteiger partial charge >= 0.3 is 59.7 Å². The maximum absolute atomic E-state index is 13.2. The minimum atomic E-state index is -2.51. The summed E-state index contributed by atoms with van der Waals surface area (Å²) in [5.41, 5.74) is 0. The summed E-state index contributed by atoms with van der Waals surface area (Å²) in [5.74, 6) is -11.8. The monoisotopic (exact) mass is 1200 g/mol. The Balaban J connectivity index is 2.06. The van der Waals surface area contributed by atoms with E-state index in [1.165, 1.54) is 20.8 Å². The SMILES string of the molecule is CC(=O)OCC1OC(OC(=N)C(Cl)(Cl)Cl)C(C)[C@@H](O[C@H]2OC(C)C(OC(C)=O)[C@H](OC(C)=O)C2OC(C)=O)C1O[C@@H]1OC(COC(C)=O)C(OC(C)=O)[C@H](OC(C)=O)C1OC1OC(C)[C@H](OC(C)=O)C(OC(C)=O)[C@@H]1OC(C)=O. The summed E-state index contributed by atoms with van der Waals surface area (Å²) < 4.78 is 104. The molecule has 4 aliphatic heterocycles. The molecule has 4 heterocycles. The molecule has 0 aliphatic carbocycles. The van der Waals surface area contributed by atoms with E-state index >= 15 is 0 Å². The number of ether oxygens (including phenoxy) is 18. The molecule has 0 spiro atoms. The van der Waals surface area contributed by atoms with Crippen molar-refractivity contribution in [1.29, 1.82) is 5.41 Å². The van der Waals surface area contributed by atoms with Crippen LogP contribution in [0.15, 0.2) is 0 Å². The third-order valence-corrected chi connectivity index (χ3v) is 12.2. The summed E-state index contributed by atoms with van der Waals surface area (Å²) in [6, 6.07) is 0. The van der Waals surface area contributed by atoms with Gasteiger partial charge in [0.1, 0.15) is 31.5 Å². The maximum Gasteiger partial charge on any atom is 0.303 e. The smallest absolute Gasteiger partial charge is 0.303 e. The third-order valence-electron chi connectivity index (χ3n) is 11.7. The van der Waals surface area contributed by atoms with Crippen LogP contribution in [0, 0.1) is 11.3 Å². The number of nitrogens with one attached hydrogen (secondary N) is 1. The van der Waals surface area contributed by atoms with Crippen LogP contribution >= 0.6 is 34.8 Å². The molecule has 20 atom stereocenters. The lowest BCUT2D eigenvalue weighted by Gasteiger charge is -2.51. The summed E-state index contributed by atoms with van der Waals surface area (Å²) in [6.45, 7) is 12.7. The Hall–Kier alpha value is -5.24. The van der Waals surface area contributed by atoms with Crippen molar-refractivity contribution >= 4 is 100 Å². The molecule has 4 saturated heterocycles. The van der Waals surface area contributed by atoms with E-state index < -0.39 is 205 Å². The van der Waals surface area contributed by atoms with Crippen LogP contribution in [0.25, 0.3) is 0 Å². The molecule has 0 saturated carbocycles. The second-order valence-electron chi connectivity index (χ2n) is 18.3. The number of esters is 10. The van der Waals surface area contributed by atoms with E-state index in [4.69, 9.17) is 125 Å². The van der Waals surface area contributed by atoms with Crippen LogP contribution in [0.1, 0.15) is 90.0 Å². The first kappa shape index (κ1) is 66.3. The minimum absolute atomic E-state index is 0.758. The topological polar surface area (TPSA) is 361 Å². The zero-order chi connectivity index (χ0) is 59.5. The number of alkyl halides is 3. The van der Waals surface area contributed by atoms with Crippen LogP contribution in [0.5, 0.6) is 0 Å². The van der Waals surface area contributed by atoms with E-state index in [9.17, 15) is 47.9 Å². The van der Waals surface area contributed by atoms with Gasteiger partial charge in [0, 0.05) is 75.2 Å². The second-order valence-corrected chi connectivity index (χ2v) is 20.6. The number of carbonyl (C=O) groups is 10. The summed E-state index contributed by atoms with van der Waals surface area (Å²) >= 11 is 18.1. The van der Waals surface area contributed by atoms with E-state index in [1.54, 1.807) is 0 Å². The minimum Gasteiger partial charge on any atom is -0.463 e. The van der Waals surface area contributed by atoms with Crippen molar-refractivity contribution < 1.29 is 133 Å². The molecular weight excluding hydrogens is 1130 g/mol. The van der Waals surface area contributed by atoms with Crippen LogP contribution in [0.2, 0.25) is 0 Å². The lowest BCUT2D eigenvalue weighted by molar-refractivity contribution is -0.394. The number of rotatable bonds is 19. The Kier molecular flexibility index (Phi) is 24.3. The summed E-state index contributed by atoms with van der Waals surface area (Å²) in [4.78, 5) is 127. The first-order chi connectivity index (χ1) is 36.7. The van der Waals surface area contributed by atoms with Gasteiger partial charge in [-0.25, -0.2) is 0 Å². The van der Waals surface area contributed by atoms with E-state index in [2.05, 4.69) is 0 Å². The van der Waals surface area contributed by atoms with Crippen LogP contribution in [-0.4, -0.2) is 199 Å². The fourth-order valence-electron chi connectivity index (χ4n) is 8.81. The highest BCUT2D eigenvalue weighted by atomic mass is 35.6. The third kappa shape index (κ3) is 18.9. The molecule has 29 nitrogen and oxygen atoms in total. The summed E-state index contributed by atoms with van der Waals surface area (Å²) in [6.07, 6.45) is -32.7. The van der Waals surface area contributed by atoms with Crippen molar-refractivity contribution in [2.45, 2.75) is 211 Å². The second kappa shape index (κ2) is 29.0. The number of halogens is 3. The molecule has 0 bridgehead atoms. The lowest BCUT2D eigenvalue weighted by Crippen LogP contribution is -2.68. The average molecular weight is 1200 g/mol. The molecule has 0 amide bonds. The molecule has 0 aromatic rings. The molecule has 4 rings (SSSR count). The number of hydrogen-bond acceptors (Lipinski definition) is 29. The first-order valence-corrected chi connectivity index (χ1v) is 25.4. The lowest BCUT2D eigenvalue weighted by atomic mass is 9.90. The van der Waals surface area contributed by atoms with Crippen molar-refractivity contribution in [3.63, 3.8) is 0 Å². The Bertz CT molecular complexity index is 2250. The van der Waals surface area contributed by atoms with Gasteiger partial charge in [0.15, 0.2) is 73.8 Å². The summed E-state index contributed by atoms with van der Waals surface area (Å²) in [7, 11) is 0. The van der Waals surface area contributed by atoms with Gasteiger partial charge in [-0.05, 0) is 13.8 Å². The molecule has 0 aromatic heterocycles.